The van der Waals surface area contributed by atoms with Crippen LogP contribution < -0.4 is 10.0 Å². The molecule has 0 bridgehead atoms. The van der Waals surface area contributed by atoms with Crippen LogP contribution in [0.4, 0.5) is 11.5 Å². The molecule has 0 saturated heterocycles. The molecule has 0 aliphatic rings. The summed E-state index contributed by atoms with van der Waals surface area (Å²) in [5.41, 5.74) is 3.30. The van der Waals surface area contributed by atoms with Gasteiger partial charge in [0.15, 0.2) is 5.82 Å². The summed E-state index contributed by atoms with van der Waals surface area (Å²) in [6.45, 7) is 9.06. The Morgan fingerprint density at radius 1 is 1.04 bits per heavy atom. The first kappa shape index (κ1) is 20.1. The normalized spacial score (nSPS) is 11.5. The van der Waals surface area contributed by atoms with Crippen molar-refractivity contribution in [1.29, 1.82) is 0 Å². The first-order valence-electron chi connectivity index (χ1n) is 8.52. The van der Waals surface area contributed by atoms with Gasteiger partial charge in [-0.05, 0) is 51.8 Å². The van der Waals surface area contributed by atoms with Gasteiger partial charge >= 0.3 is 0 Å². The molecule has 3 rings (SSSR count). The van der Waals surface area contributed by atoms with E-state index in [0.717, 1.165) is 28.0 Å². The molecule has 1 aromatic carbocycles. The number of aryl methyl sites for hydroxylation is 5. The molecular formula is C19H21N3O4S2. The number of sulfonamides is 1. The fourth-order valence-electron chi connectivity index (χ4n) is 2.98. The highest BCUT2D eigenvalue weighted by Gasteiger charge is 2.24. The van der Waals surface area contributed by atoms with Crippen LogP contribution in [-0.4, -0.2) is 19.5 Å². The molecule has 148 valence electrons. The fourth-order valence-corrected chi connectivity index (χ4v) is 5.67. The summed E-state index contributed by atoms with van der Waals surface area (Å²) >= 11 is 1.11. The van der Waals surface area contributed by atoms with Crippen molar-refractivity contribution in [2.45, 2.75) is 39.5 Å². The Morgan fingerprint density at radius 3 is 2.25 bits per heavy atom. The highest BCUT2D eigenvalue weighted by molar-refractivity contribution is 7.93. The minimum absolute atomic E-state index is 0.0818. The van der Waals surface area contributed by atoms with Crippen molar-refractivity contribution in [2.75, 3.05) is 10.0 Å². The van der Waals surface area contributed by atoms with Crippen LogP contribution in [-0.2, 0) is 10.0 Å². The van der Waals surface area contributed by atoms with Crippen LogP contribution in [0.25, 0.3) is 0 Å². The van der Waals surface area contributed by atoms with E-state index in [2.05, 4.69) is 15.2 Å². The van der Waals surface area contributed by atoms with E-state index in [0.29, 0.717) is 16.3 Å². The van der Waals surface area contributed by atoms with Crippen LogP contribution in [0.3, 0.4) is 0 Å². The minimum Gasteiger partial charge on any atom is -0.360 e. The number of carbonyl (C=O) groups excluding carboxylic acids is 1. The van der Waals surface area contributed by atoms with Crippen LogP contribution in [0.1, 0.15) is 37.0 Å². The molecule has 2 aromatic heterocycles. The van der Waals surface area contributed by atoms with Gasteiger partial charge in [-0.2, -0.15) is 0 Å². The molecule has 0 fully saturated rings. The van der Waals surface area contributed by atoms with Crippen molar-refractivity contribution in [2.24, 2.45) is 0 Å². The number of benzene rings is 1. The van der Waals surface area contributed by atoms with Crippen molar-refractivity contribution < 1.29 is 17.7 Å². The summed E-state index contributed by atoms with van der Waals surface area (Å²) in [4.78, 5) is 13.3. The quantitative estimate of drug-likeness (QED) is 0.641. The van der Waals surface area contributed by atoms with E-state index in [9.17, 15) is 13.2 Å². The lowest BCUT2D eigenvalue weighted by Gasteiger charge is -2.14. The van der Waals surface area contributed by atoms with E-state index >= 15 is 0 Å². The molecule has 0 unspecified atom stereocenters. The molecule has 0 spiro atoms. The number of anilines is 2. The SMILES string of the molecule is Cc1cc(C)c(NS(=O)(=O)c2cc(C(=O)Nc3cc(C)on3)sc2C)c(C)c1. The lowest BCUT2D eigenvalue weighted by molar-refractivity contribution is 0.102. The Morgan fingerprint density at radius 2 is 1.68 bits per heavy atom. The van der Waals surface area contributed by atoms with E-state index in [1.807, 2.05) is 32.9 Å². The topological polar surface area (TPSA) is 101 Å². The molecule has 9 heteroatoms. The van der Waals surface area contributed by atoms with Gasteiger partial charge in [0.05, 0.1) is 10.6 Å². The number of nitrogens with zero attached hydrogens (tertiary/aromatic N) is 1. The molecule has 0 saturated carbocycles. The van der Waals surface area contributed by atoms with Crippen LogP contribution in [0.5, 0.6) is 0 Å². The Labute approximate surface area is 167 Å². The lowest BCUT2D eigenvalue weighted by atomic mass is 10.1. The van der Waals surface area contributed by atoms with Crippen molar-refractivity contribution in [3.63, 3.8) is 0 Å². The maximum Gasteiger partial charge on any atom is 0.267 e. The monoisotopic (exact) mass is 419 g/mol. The maximum atomic E-state index is 12.9. The van der Waals surface area contributed by atoms with Gasteiger partial charge in [0.2, 0.25) is 0 Å². The highest BCUT2D eigenvalue weighted by atomic mass is 32.2. The second-order valence-electron chi connectivity index (χ2n) is 6.69. The molecule has 0 aliphatic carbocycles. The third-order valence-electron chi connectivity index (χ3n) is 4.17. The Hall–Kier alpha value is -2.65. The molecule has 2 heterocycles. The van der Waals surface area contributed by atoms with E-state index in [1.54, 1.807) is 19.9 Å². The van der Waals surface area contributed by atoms with E-state index < -0.39 is 15.9 Å². The minimum atomic E-state index is -3.84. The summed E-state index contributed by atoms with van der Waals surface area (Å²) in [5, 5.41) is 6.31. The first-order valence-corrected chi connectivity index (χ1v) is 10.8. The highest BCUT2D eigenvalue weighted by Crippen LogP contribution is 2.30. The third kappa shape index (κ3) is 4.10. The summed E-state index contributed by atoms with van der Waals surface area (Å²) < 4.78 is 33.5. The van der Waals surface area contributed by atoms with Crippen LogP contribution in [0.15, 0.2) is 33.7 Å². The van der Waals surface area contributed by atoms with Crippen molar-refractivity contribution in [3.05, 3.63) is 56.5 Å². The molecule has 2 N–H and O–H groups in total. The predicted octanol–water partition coefficient (Wildman–Crippen LogP) is 4.33. The van der Waals surface area contributed by atoms with Crippen molar-refractivity contribution in [3.8, 4) is 0 Å². The molecule has 0 aliphatic heterocycles. The maximum absolute atomic E-state index is 12.9. The summed E-state index contributed by atoms with van der Waals surface area (Å²) in [5.74, 6) is 0.404. The second-order valence-corrected chi connectivity index (χ2v) is 9.59. The zero-order chi connectivity index (χ0) is 20.6. The molecule has 28 heavy (non-hydrogen) atoms. The summed E-state index contributed by atoms with van der Waals surface area (Å²) in [7, 11) is -3.84. The number of hydrogen-bond acceptors (Lipinski definition) is 6. The number of amides is 1. The number of hydrogen-bond donors (Lipinski definition) is 2. The van der Waals surface area contributed by atoms with Crippen molar-refractivity contribution in [1.82, 2.24) is 5.16 Å². The Kier molecular flexibility index (Phi) is 5.31. The third-order valence-corrected chi connectivity index (χ3v) is 6.82. The standard InChI is InChI=1S/C19H21N3O4S2/c1-10-6-11(2)18(12(3)7-10)22-28(24,25)16-9-15(27-14(16)5)19(23)20-17-8-13(4)26-21-17/h6-9,22H,1-5H3,(H,20,21,23). The van der Waals surface area contributed by atoms with Gasteiger partial charge in [-0.15, -0.1) is 11.3 Å². The molecule has 0 radical (unpaired) electrons. The number of rotatable bonds is 5. The molecular weight excluding hydrogens is 398 g/mol. The first-order chi connectivity index (χ1) is 13.1. The largest absolute Gasteiger partial charge is 0.360 e. The average molecular weight is 420 g/mol. The van der Waals surface area contributed by atoms with E-state index in [1.165, 1.54) is 6.07 Å². The summed E-state index contributed by atoms with van der Waals surface area (Å²) in [6.07, 6.45) is 0. The van der Waals surface area contributed by atoms with Gasteiger partial charge in [0.1, 0.15) is 10.7 Å². The average Bonchev–Trinajstić information content (AvgIpc) is 3.17. The van der Waals surface area contributed by atoms with Crippen LogP contribution >= 0.6 is 11.3 Å². The molecule has 1 amide bonds. The van der Waals surface area contributed by atoms with Gasteiger partial charge in [0.25, 0.3) is 15.9 Å². The lowest BCUT2D eigenvalue weighted by Crippen LogP contribution is -2.15. The summed E-state index contributed by atoms with van der Waals surface area (Å²) in [6, 6.07) is 6.80. The second kappa shape index (κ2) is 7.40. The van der Waals surface area contributed by atoms with Gasteiger partial charge < -0.3 is 9.84 Å². The Balaban J connectivity index is 1.88. The van der Waals surface area contributed by atoms with Crippen LogP contribution in [0, 0.1) is 34.6 Å². The number of aromatic nitrogens is 1. The van der Waals surface area contributed by atoms with Gasteiger partial charge in [-0.1, -0.05) is 22.9 Å². The van der Waals surface area contributed by atoms with Gasteiger partial charge in [-0.3, -0.25) is 9.52 Å². The van der Waals surface area contributed by atoms with E-state index in [4.69, 9.17) is 4.52 Å². The smallest absolute Gasteiger partial charge is 0.267 e. The van der Waals surface area contributed by atoms with Gasteiger partial charge in [0, 0.05) is 10.9 Å². The van der Waals surface area contributed by atoms with Crippen molar-refractivity contribution >= 4 is 38.8 Å². The zero-order valence-electron chi connectivity index (χ0n) is 16.2. The Bertz CT molecular complexity index is 1140. The number of thiophene rings is 1. The molecule has 3 aromatic rings. The molecule has 0 atom stereocenters. The zero-order valence-corrected chi connectivity index (χ0v) is 17.8. The van der Waals surface area contributed by atoms with E-state index in [-0.39, 0.29) is 15.6 Å². The fraction of sp³-hybridized carbons (Fsp3) is 0.263. The molecule has 7 nitrogen and oxygen atoms in total. The number of carbonyl (C=O) groups is 1. The predicted molar refractivity (Wildman–Crippen MR) is 110 cm³/mol. The van der Waals surface area contributed by atoms with Gasteiger partial charge in [-0.25, -0.2) is 8.42 Å². The number of nitrogens with one attached hydrogen (secondary N) is 2. The van der Waals surface area contributed by atoms with Crippen LogP contribution in [0.2, 0.25) is 0 Å².